The van der Waals surface area contributed by atoms with Gasteiger partial charge in [-0.15, -0.1) is 0 Å². The Hall–Kier alpha value is -1.65. The van der Waals surface area contributed by atoms with E-state index in [1.165, 1.54) is 34.9 Å². The molecule has 1 aliphatic carbocycles. The summed E-state index contributed by atoms with van der Waals surface area (Å²) in [6.45, 7) is 1.94. The van der Waals surface area contributed by atoms with E-state index in [1.807, 2.05) is 6.20 Å². The number of thiophene rings is 1. The summed E-state index contributed by atoms with van der Waals surface area (Å²) in [6, 6.07) is 9.53. The maximum atomic E-state index is 4.51. The fraction of sp³-hybridized carbons (Fsp3) is 0.312. The maximum absolute atomic E-state index is 4.51. The molecule has 20 heavy (non-hydrogen) atoms. The molecule has 0 atom stereocenters. The van der Waals surface area contributed by atoms with Gasteiger partial charge in [-0.3, -0.25) is 4.68 Å². The van der Waals surface area contributed by atoms with Crippen molar-refractivity contribution in [2.75, 3.05) is 6.54 Å². The van der Waals surface area contributed by atoms with Gasteiger partial charge in [0.2, 0.25) is 0 Å². The molecule has 102 valence electrons. The summed E-state index contributed by atoms with van der Waals surface area (Å²) in [6.07, 6.45) is 4.63. The summed E-state index contributed by atoms with van der Waals surface area (Å²) < 4.78 is 2.11. The number of hydrogen-bond donors (Lipinski definition) is 1. The second kappa shape index (κ2) is 5.04. The SMILES string of the molecule is c1cc(-c2ccc3cnn(CCNC4CC4)c3c2)cs1. The van der Waals surface area contributed by atoms with Crippen LogP contribution in [-0.4, -0.2) is 22.4 Å². The first-order chi connectivity index (χ1) is 9.90. The molecule has 0 amide bonds. The van der Waals surface area contributed by atoms with Crippen LogP contribution in [0.3, 0.4) is 0 Å². The average Bonchev–Trinajstić information content (AvgIpc) is 3.00. The predicted octanol–water partition coefficient (Wildman–Crippen LogP) is 3.52. The summed E-state index contributed by atoms with van der Waals surface area (Å²) in [5, 5.41) is 13.6. The summed E-state index contributed by atoms with van der Waals surface area (Å²) in [5.41, 5.74) is 3.79. The van der Waals surface area contributed by atoms with E-state index in [2.05, 4.69) is 50.1 Å². The van der Waals surface area contributed by atoms with Gasteiger partial charge in [0.15, 0.2) is 0 Å². The Morgan fingerprint density at radius 2 is 2.20 bits per heavy atom. The monoisotopic (exact) mass is 283 g/mol. The molecular formula is C16H17N3S. The Morgan fingerprint density at radius 1 is 1.25 bits per heavy atom. The van der Waals surface area contributed by atoms with E-state index in [4.69, 9.17) is 0 Å². The molecule has 1 aromatic carbocycles. The fourth-order valence-corrected chi connectivity index (χ4v) is 3.18. The van der Waals surface area contributed by atoms with Crippen molar-refractivity contribution in [3.63, 3.8) is 0 Å². The number of aromatic nitrogens is 2. The first-order valence-corrected chi connectivity index (χ1v) is 8.06. The third-order valence-electron chi connectivity index (χ3n) is 3.83. The Bertz CT molecular complexity index is 710. The lowest BCUT2D eigenvalue weighted by molar-refractivity contribution is 0.565. The van der Waals surface area contributed by atoms with E-state index in [9.17, 15) is 0 Å². The van der Waals surface area contributed by atoms with E-state index in [0.29, 0.717) is 0 Å². The van der Waals surface area contributed by atoms with Gasteiger partial charge in [0.05, 0.1) is 18.3 Å². The van der Waals surface area contributed by atoms with Crippen LogP contribution in [0.2, 0.25) is 0 Å². The number of hydrogen-bond acceptors (Lipinski definition) is 3. The molecule has 3 aromatic rings. The summed E-state index contributed by atoms with van der Waals surface area (Å²) in [7, 11) is 0. The normalized spacial score (nSPS) is 15.0. The molecule has 1 N–H and O–H groups in total. The first kappa shape index (κ1) is 12.1. The van der Waals surface area contributed by atoms with Crippen LogP contribution in [-0.2, 0) is 6.54 Å². The van der Waals surface area contributed by atoms with Crippen molar-refractivity contribution < 1.29 is 0 Å². The van der Waals surface area contributed by atoms with Gasteiger partial charge in [-0.2, -0.15) is 16.4 Å². The lowest BCUT2D eigenvalue weighted by Gasteiger charge is -2.06. The Morgan fingerprint density at radius 3 is 3.00 bits per heavy atom. The number of benzene rings is 1. The molecule has 0 aliphatic heterocycles. The van der Waals surface area contributed by atoms with E-state index < -0.39 is 0 Å². The van der Waals surface area contributed by atoms with Gasteiger partial charge >= 0.3 is 0 Å². The largest absolute Gasteiger partial charge is 0.312 e. The predicted molar refractivity (Wildman–Crippen MR) is 84.1 cm³/mol. The van der Waals surface area contributed by atoms with Gasteiger partial charge in [-0.25, -0.2) is 0 Å². The molecule has 4 rings (SSSR count). The van der Waals surface area contributed by atoms with E-state index in [0.717, 1.165) is 19.1 Å². The highest BCUT2D eigenvalue weighted by atomic mass is 32.1. The molecule has 0 unspecified atom stereocenters. The molecule has 0 bridgehead atoms. The molecule has 0 spiro atoms. The van der Waals surface area contributed by atoms with Crippen LogP contribution in [0.25, 0.3) is 22.0 Å². The van der Waals surface area contributed by atoms with Crippen molar-refractivity contribution >= 4 is 22.2 Å². The number of rotatable bonds is 5. The van der Waals surface area contributed by atoms with Crippen molar-refractivity contribution in [1.29, 1.82) is 0 Å². The van der Waals surface area contributed by atoms with E-state index >= 15 is 0 Å². The third-order valence-corrected chi connectivity index (χ3v) is 4.52. The number of fused-ring (bicyclic) bond motifs is 1. The number of nitrogens with zero attached hydrogens (tertiary/aromatic N) is 2. The molecule has 2 aromatic heterocycles. The van der Waals surface area contributed by atoms with Crippen molar-refractivity contribution in [2.24, 2.45) is 0 Å². The van der Waals surface area contributed by atoms with Crippen molar-refractivity contribution in [3.05, 3.63) is 41.2 Å². The van der Waals surface area contributed by atoms with Crippen LogP contribution in [0.5, 0.6) is 0 Å². The highest BCUT2D eigenvalue weighted by Gasteiger charge is 2.19. The van der Waals surface area contributed by atoms with Crippen LogP contribution >= 0.6 is 11.3 Å². The van der Waals surface area contributed by atoms with Crippen LogP contribution < -0.4 is 5.32 Å². The molecule has 4 heteroatoms. The van der Waals surface area contributed by atoms with Crippen LogP contribution in [0.1, 0.15) is 12.8 Å². The zero-order valence-electron chi connectivity index (χ0n) is 11.2. The van der Waals surface area contributed by atoms with Crippen LogP contribution in [0.4, 0.5) is 0 Å². The lowest BCUT2D eigenvalue weighted by atomic mass is 10.1. The third kappa shape index (κ3) is 2.37. The number of nitrogens with one attached hydrogen (secondary N) is 1. The second-order valence-corrected chi connectivity index (χ2v) is 6.16. The van der Waals surface area contributed by atoms with Crippen molar-refractivity contribution in [3.8, 4) is 11.1 Å². The molecular weight excluding hydrogens is 266 g/mol. The maximum Gasteiger partial charge on any atom is 0.0689 e. The minimum absolute atomic E-state index is 0.762. The minimum atomic E-state index is 0.762. The Kier molecular flexibility index (Phi) is 3.05. The van der Waals surface area contributed by atoms with E-state index in [1.54, 1.807) is 11.3 Å². The Labute approximate surface area is 122 Å². The average molecular weight is 283 g/mol. The quantitative estimate of drug-likeness (QED) is 0.776. The minimum Gasteiger partial charge on any atom is -0.312 e. The fourth-order valence-electron chi connectivity index (χ4n) is 2.52. The first-order valence-electron chi connectivity index (χ1n) is 7.12. The second-order valence-electron chi connectivity index (χ2n) is 5.38. The van der Waals surface area contributed by atoms with Gasteiger partial charge in [0.25, 0.3) is 0 Å². The highest BCUT2D eigenvalue weighted by molar-refractivity contribution is 7.08. The molecule has 1 saturated carbocycles. The molecule has 0 radical (unpaired) electrons. The van der Waals surface area contributed by atoms with Gasteiger partial charge in [-0.05, 0) is 46.9 Å². The topological polar surface area (TPSA) is 29.9 Å². The van der Waals surface area contributed by atoms with Gasteiger partial charge in [-0.1, -0.05) is 12.1 Å². The lowest BCUT2D eigenvalue weighted by Crippen LogP contribution is -2.22. The van der Waals surface area contributed by atoms with Gasteiger partial charge in [0.1, 0.15) is 0 Å². The Balaban J connectivity index is 1.61. The van der Waals surface area contributed by atoms with Crippen LogP contribution in [0, 0.1) is 0 Å². The summed E-state index contributed by atoms with van der Waals surface area (Å²) in [4.78, 5) is 0. The zero-order valence-corrected chi connectivity index (χ0v) is 12.1. The molecule has 3 nitrogen and oxygen atoms in total. The highest BCUT2D eigenvalue weighted by Crippen LogP contribution is 2.26. The summed E-state index contributed by atoms with van der Waals surface area (Å²) in [5.74, 6) is 0. The summed E-state index contributed by atoms with van der Waals surface area (Å²) >= 11 is 1.74. The standard InChI is InChI=1S/C16H17N3S/c1-2-13-10-18-19(7-6-17-15-3-4-15)16(13)9-12(1)14-5-8-20-11-14/h1-2,5,8-11,15,17H,3-4,6-7H2. The molecule has 1 aliphatic rings. The van der Waals surface area contributed by atoms with Gasteiger partial charge in [0, 0.05) is 18.0 Å². The molecule has 2 heterocycles. The zero-order chi connectivity index (χ0) is 13.4. The smallest absolute Gasteiger partial charge is 0.0689 e. The van der Waals surface area contributed by atoms with Crippen molar-refractivity contribution in [2.45, 2.75) is 25.4 Å². The molecule has 0 saturated heterocycles. The van der Waals surface area contributed by atoms with E-state index in [-0.39, 0.29) is 0 Å². The molecule has 1 fully saturated rings. The van der Waals surface area contributed by atoms with Crippen molar-refractivity contribution in [1.82, 2.24) is 15.1 Å². The van der Waals surface area contributed by atoms with Gasteiger partial charge < -0.3 is 5.32 Å². The van der Waals surface area contributed by atoms with Crippen LogP contribution in [0.15, 0.2) is 41.2 Å².